The first kappa shape index (κ1) is 20.5. The molecule has 30 heavy (non-hydrogen) atoms. The molecule has 0 aliphatic carbocycles. The van der Waals surface area contributed by atoms with Gasteiger partial charge in [0.15, 0.2) is 0 Å². The van der Waals surface area contributed by atoms with Gasteiger partial charge in [0.1, 0.15) is 5.82 Å². The lowest BCUT2D eigenvalue weighted by Crippen LogP contribution is -2.28. The molecule has 0 bridgehead atoms. The van der Waals surface area contributed by atoms with Crippen LogP contribution < -0.4 is 4.72 Å². The molecule has 0 radical (unpaired) electrons. The van der Waals surface area contributed by atoms with E-state index in [9.17, 15) is 8.42 Å². The molecule has 2 heterocycles. The quantitative estimate of drug-likeness (QED) is 0.466. The molecule has 0 aliphatic heterocycles. The molecule has 0 aliphatic rings. The van der Waals surface area contributed by atoms with Crippen LogP contribution in [-0.2, 0) is 16.6 Å². The number of sulfonamides is 1. The summed E-state index contributed by atoms with van der Waals surface area (Å²) in [6, 6.07) is 15.5. The van der Waals surface area contributed by atoms with Crippen LogP contribution >= 0.6 is 11.6 Å². The maximum Gasteiger partial charge on any atom is 0.241 e. The number of nitrogens with one attached hydrogen (secondary N) is 1. The second-order valence-electron chi connectivity index (χ2n) is 6.95. The lowest BCUT2D eigenvalue weighted by molar-refractivity contribution is 0.549. The summed E-state index contributed by atoms with van der Waals surface area (Å²) in [5.74, 6) is 0.664. The average Bonchev–Trinajstić information content (AvgIpc) is 3.12. The summed E-state index contributed by atoms with van der Waals surface area (Å²) < 4.78 is 30.3. The van der Waals surface area contributed by atoms with E-state index in [1.165, 1.54) is 12.1 Å². The summed E-state index contributed by atoms with van der Waals surface area (Å²) in [5, 5.41) is 0.486. The van der Waals surface area contributed by atoms with E-state index in [1.807, 2.05) is 41.8 Å². The molecule has 6 nitrogen and oxygen atoms in total. The van der Waals surface area contributed by atoms with Crippen LogP contribution in [0.25, 0.3) is 22.2 Å². The molecule has 154 valence electrons. The van der Waals surface area contributed by atoms with E-state index in [1.54, 1.807) is 31.5 Å². The highest BCUT2D eigenvalue weighted by Crippen LogP contribution is 2.27. The third kappa shape index (κ3) is 3.96. The van der Waals surface area contributed by atoms with E-state index >= 15 is 0 Å². The largest absolute Gasteiger partial charge is 0.327 e. The number of imidazole rings is 1. The number of aromatic nitrogens is 3. The summed E-state index contributed by atoms with van der Waals surface area (Å²) in [4.78, 5) is 8.99. The number of fused-ring (bicyclic) bond motifs is 1. The number of nitrogens with zero attached hydrogens (tertiary/aromatic N) is 3. The number of pyridine rings is 1. The SMILES string of the molecule is CCn1c(C(C)NS(=O)(=O)c2ccc(Cl)cc2)nc2cc(-c3ccncc3)ccc21. The zero-order chi connectivity index (χ0) is 21.3. The first-order chi connectivity index (χ1) is 14.4. The molecule has 0 amide bonds. The molecule has 1 unspecified atom stereocenters. The fourth-order valence-corrected chi connectivity index (χ4v) is 4.83. The van der Waals surface area contributed by atoms with Crippen LogP contribution in [0.15, 0.2) is 71.9 Å². The predicted molar refractivity (Wildman–Crippen MR) is 119 cm³/mol. The van der Waals surface area contributed by atoms with Crippen molar-refractivity contribution < 1.29 is 8.42 Å². The van der Waals surface area contributed by atoms with Gasteiger partial charge in [-0.05, 0) is 73.5 Å². The standard InChI is InChI=1S/C22H21ClN4O2S/c1-3-27-21-9-4-17(16-10-12-24-13-11-16)14-20(21)25-22(27)15(2)26-30(28,29)19-7-5-18(23)6-8-19/h4-15,26H,3H2,1-2H3. The van der Waals surface area contributed by atoms with E-state index < -0.39 is 16.1 Å². The lowest BCUT2D eigenvalue weighted by Gasteiger charge is -2.15. The minimum atomic E-state index is -3.71. The van der Waals surface area contributed by atoms with Gasteiger partial charge in [-0.15, -0.1) is 0 Å². The van der Waals surface area contributed by atoms with Gasteiger partial charge in [0, 0.05) is 24.0 Å². The van der Waals surface area contributed by atoms with Crippen LogP contribution in [0, 0.1) is 0 Å². The van der Waals surface area contributed by atoms with Gasteiger partial charge in [0.25, 0.3) is 0 Å². The van der Waals surface area contributed by atoms with Gasteiger partial charge < -0.3 is 4.57 Å². The predicted octanol–water partition coefficient (Wildman–Crippen LogP) is 4.81. The monoisotopic (exact) mass is 440 g/mol. The van der Waals surface area contributed by atoms with Gasteiger partial charge in [-0.25, -0.2) is 18.1 Å². The minimum absolute atomic E-state index is 0.165. The zero-order valence-corrected chi connectivity index (χ0v) is 18.2. The third-order valence-corrected chi connectivity index (χ3v) is 6.76. The Morgan fingerprint density at radius 3 is 2.40 bits per heavy atom. The van der Waals surface area contributed by atoms with Crippen LogP contribution in [0.2, 0.25) is 5.02 Å². The Labute approximate surface area is 180 Å². The Morgan fingerprint density at radius 2 is 1.73 bits per heavy atom. The van der Waals surface area contributed by atoms with Crippen LogP contribution in [0.4, 0.5) is 0 Å². The fraction of sp³-hybridized carbons (Fsp3) is 0.182. The lowest BCUT2D eigenvalue weighted by atomic mass is 10.1. The van der Waals surface area contributed by atoms with Crippen LogP contribution in [0.3, 0.4) is 0 Å². The number of hydrogen-bond donors (Lipinski definition) is 1. The first-order valence-electron chi connectivity index (χ1n) is 9.57. The van der Waals surface area contributed by atoms with Crippen molar-refractivity contribution in [2.75, 3.05) is 0 Å². The van der Waals surface area contributed by atoms with Gasteiger partial charge >= 0.3 is 0 Å². The highest BCUT2D eigenvalue weighted by Gasteiger charge is 2.23. The molecule has 0 fully saturated rings. The number of aryl methyl sites for hydroxylation is 1. The third-order valence-electron chi connectivity index (χ3n) is 4.95. The first-order valence-corrected chi connectivity index (χ1v) is 11.4. The van der Waals surface area contributed by atoms with Crippen molar-refractivity contribution in [3.63, 3.8) is 0 Å². The topological polar surface area (TPSA) is 76.9 Å². The van der Waals surface area contributed by atoms with Gasteiger partial charge in [-0.2, -0.15) is 0 Å². The summed E-state index contributed by atoms with van der Waals surface area (Å²) in [6.07, 6.45) is 3.51. The average molecular weight is 441 g/mol. The molecule has 1 N–H and O–H groups in total. The maximum atomic E-state index is 12.8. The van der Waals surface area contributed by atoms with Crippen LogP contribution in [0.1, 0.15) is 25.7 Å². The second kappa shape index (κ2) is 8.18. The molecule has 2 aromatic carbocycles. The molecule has 1 atom stereocenters. The Morgan fingerprint density at radius 1 is 1.03 bits per heavy atom. The Balaban J connectivity index is 1.69. The normalized spacial score (nSPS) is 12.9. The molecule has 8 heteroatoms. The van der Waals surface area contributed by atoms with Gasteiger partial charge in [-0.1, -0.05) is 17.7 Å². The molecular weight excluding hydrogens is 420 g/mol. The minimum Gasteiger partial charge on any atom is -0.327 e. The van der Waals surface area contributed by atoms with Crippen molar-refractivity contribution >= 4 is 32.7 Å². The van der Waals surface area contributed by atoms with E-state index in [0.29, 0.717) is 17.4 Å². The maximum absolute atomic E-state index is 12.8. The highest BCUT2D eigenvalue weighted by atomic mass is 35.5. The summed E-state index contributed by atoms with van der Waals surface area (Å²) >= 11 is 5.87. The summed E-state index contributed by atoms with van der Waals surface area (Å²) in [7, 11) is -3.71. The van der Waals surface area contributed by atoms with Crippen molar-refractivity contribution in [1.82, 2.24) is 19.3 Å². The molecule has 0 spiro atoms. The molecule has 2 aromatic heterocycles. The van der Waals surface area contributed by atoms with Crippen LogP contribution in [0.5, 0.6) is 0 Å². The fourth-order valence-electron chi connectivity index (χ4n) is 3.50. The summed E-state index contributed by atoms with van der Waals surface area (Å²) in [6.45, 7) is 4.49. The van der Waals surface area contributed by atoms with Crippen molar-refractivity contribution in [3.05, 3.63) is 77.8 Å². The zero-order valence-electron chi connectivity index (χ0n) is 16.6. The number of hydrogen-bond acceptors (Lipinski definition) is 4. The van der Waals surface area contributed by atoms with E-state index in [0.717, 1.165) is 22.2 Å². The van der Waals surface area contributed by atoms with Crippen molar-refractivity contribution in [3.8, 4) is 11.1 Å². The molecular formula is C22H21ClN4O2S. The van der Waals surface area contributed by atoms with Crippen molar-refractivity contribution in [2.45, 2.75) is 31.3 Å². The molecule has 4 aromatic rings. The Kier molecular flexibility index (Phi) is 5.60. The molecule has 0 saturated heterocycles. The van der Waals surface area contributed by atoms with Crippen LogP contribution in [-0.4, -0.2) is 23.0 Å². The van der Waals surface area contributed by atoms with Gasteiger partial charge in [0.05, 0.1) is 22.0 Å². The number of halogens is 1. The summed E-state index contributed by atoms with van der Waals surface area (Å²) in [5.41, 5.74) is 3.86. The number of rotatable bonds is 6. The van der Waals surface area contributed by atoms with Crippen molar-refractivity contribution in [1.29, 1.82) is 0 Å². The van der Waals surface area contributed by atoms with E-state index in [4.69, 9.17) is 16.6 Å². The smallest absolute Gasteiger partial charge is 0.241 e. The van der Waals surface area contributed by atoms with Crippen molar-refractivity contribution in [2.24, 2.45) is 0 Å². The van der Waals surface area contributed by atoms with Gasteiger partial charge in [-0.3, -0.25) is 4.98 Å². The second-order valence-corrected chi connectivity index (χ2v) is 9.10. The molecule has 4 rings (SSSR count). The molecule has 0 saturated carbocycles. The van der Waals surface area contributed by atoms with E-state index in [2.05, 4.69) is 9.71 Å². The highest BCUT2D eigenvalue weighted by molar-refractivity contribution is 7.89. The number of benzene rings is 2. The Hall–Kier alpha value is -2.74. The van der Waals surface area contributed by atoms with Gasteiger partial charge in [0.2, 0.25) is 10.0 Å². The van der Waals surface area contributed by atoms with E-state index in [-0.39, 0.29) is 4.90 Å². The Bertz CT molecular complexity index is 1290.